The van der Waals surface area contributed by atoms with Gasteiger partial charge >= 0.3 is 0 Å². The largest absolute Gasteiger partial charge is 0.381 e. The van der Waals surface area contributed by atoms with Crippen LogP contribution in [0.1, 0.15) is 19.8 Å². The van der Waals surface area contributed by atoms with E-state index < -0.39 is 0 Å². The number of likely N-dealkylation sites (N-methyl/N-ethyl adjacent to an activating group) is 1. The molecule has 0 aromatic carbocycles. The van der Waals surface area contributed by atoms with Crippen LogP contribution in [0.3, 0.4) is 0 Å². The Balaban J connectivity index is 0.000000145. The summed E-state index contributed by atoms with van der Waals surface area (Å²) in [6.45, 7) is 9.45. The normalized spacial score (nSPS) is 23.8. The highest BCUT2D eigenvalue weighted by molar-refractivity contribution is 4.57. The van der Waals surface area contributed by atoms with Gasteiger partial charge in [-0.1, -0.05) is 6.92 Å². The maximum atomic E-state index is 5.16. The quantitative estimate of drug-likeness (QED) is 0.614. The molecule has 0 spiro atoms. The summed E-state index contributed by atoms with van der Waals surface area (Å²) in [7, 11) is 0. The Kier molecular flexibility index (Phi) is 6.15. The predicted molar refractivity (Wildman–Crippen MR) is 53.0 cm³/mol. The van der Waals surface area contributed by atoms with Crippen LogP contribution in [0.2, 0.25) is 0 Å². The fraction of sp³-hybridized carbons (Fsp3) is 1.00. The minimum atomic E-state index is 0.924. The topological polar surface area (TPSA) is 21.7 Å². The minimum absolute atomic E-state index is 0.924. The van der Waals surface area contributed by atoms with Crippen molar-refractivity contribution in [3.05, 3.63) is 0 Å². The Bertz CT molecular complexity index is 102. The second kappa shape index (κ2) is 7.30. The molecule has 0 atom stereocenters. The molecule has 0 aliphatic carbocycles. The van der Waals surface area contributed by atoms with Gasteiger partial charge in [-0.05, 0) is 19.4 Å². The molecule has 78 valence electrons. The molecule has 0 unspecified atom stereocenters. The van der Waals surface area contributed by atoms with Gasteiger partial charge in [-0.2, -0.15) is 0 Å². The van der Waals surface area contributed by atoms with Gasteiger partial charge in [0.25, 0.3) is 0 Å². The highest BCUT2D eigenvalue weighted by Crippen LogP contribution is 1.98. The Morgan fingerprint density at radius 3 is 1.77 bits per heavy atom. The van der Waals surface area contributed by atoms with Gasteiger partial charge in [0, 0.05) is 26.3 Å². The minimum Gasteiger partial charge on any atom is -0.381 e. The van der Waals surface area contributed by atoms with Crippen molar-refractivity contribution in [3.63, 3.8) is 0 Å². The first-order valence-electron chi connectivity index (χ1n) is 5.31. The van der Waals surface area contributed by atoms with Crippen LogP contribution in [0.4, 0.5) is 0 Å². The van der Waals surface area contributed by atoms with E-state index in [0.29, 0.717) is 0 Å². The third-order valence-corrected chi connectivity index (χ3v) is 2.38. The molecule has 0 aromatic heterocycles. The van der Waals surface area contributed by atoms with E-state index in [4.69, 9.17) is 9.47 Å². The summed E-state index contributed by atoms with van der Waals surface area (Å²) < 4.78 is 10.1. The molecule has 2 rings (SSSR count). The van der Waals surface area contributed by atoms with E-state index in [0.717, 1.165) is 39.5 Å². The number of hydrogen-bond donors (Lipinski definition) is 0. The molecule has 2 saturated heterocycles. The van der Waals surface area contributed by atoms with Gasteiger partial charge in [-0.3, -0.25) is 4.90 Å². The molecule has 0 bridgehead atoms. The number of morpholine rings is 1. The second-order valence-electron chi connectivity index (χ2n) is 3.37. The smallest absolute Gasteiger partial charge is 0.0594 e. The van der Waals surface area contributed by atoms with Gasteiger partial charge in [0.05, 0.1) is 13.2 Å². The first-order chi connectivity index (χ1) is 6.43. The number of ether oxygens (including phenoxy) is 2. The Hall–Kier alpha value is -0.120. The summed E-state index contributed by atoms with van der Waals surface area (Å²) in [5.41, 5.74) is 0. The summed E-state index contributed by atoms with van der Waals surface area (Å²) in [6.07, 6.45) is 2.56. The van der Waals surface area contributed by atoms with Gasteiger partial charge in [0.2, 0.25) is 0 Å². The van der Waals surface area contributed by atoms with E-state index in [2.05, 4.69) is 11.8 Å². The molecular formula is C10H21NO2. The van der Waals surface area contributed by atoms with Crippen LogP contribution in [0.15, 0.2) is 0 Å². The van der Waals surface area contributed by atoms with Gasteiger partial charge in [0.15, 0.2) is 0 Å². The van der Waals surface area contributed by atoms with Gasteiger partial charge in [-0.15, -0.1) is 0 Å². The maximum absolute atomic E-state index is 5.16. The first-order valence-corrected chi connectivity index (χ1v) is 5.31. The molecule has 0 aromatic rings. The zero-order valence-corrected chi connectivity index (χ0v) is 8.63. The summed E-state index contributed by atoms with van der Waals surface area (Å²) in [5, 5.41) is 0. The van der Waals surface area contributed by atoms with Crippen molar-refractivity contribution in [2.75, 3.05) is 46.1 Å². The predicted octanol–water partition coefficient (Wildman–Crippen LogP) is 1.14. The van der Waals surface area contributed by atoms with Crippen LogP contribution in [0, 0.1) is 0 Å². The lowest BCUT2D eigenvalue weighted by atomic mass is 10.4. The van der Waals surface area contributed by atoms with E-state index >= 15 is 0 Å². The lowest BCUT2D eigenvalue weighted by molar-refractivity contribution is 0.0405. The SMILES string of the molecule is C1CCOC1.CCN1CCOCC1. The Morgan fingerprint density at radius 1 is 0.923 bits per heavy atom. The first kappa shape index (κ1) is 11.0. The van der Waals surface area contributed by atoms with Gasteiger partial charge < -0.3 is 9.47 Å². The zero-order chi connectivity index (χ0) is 9.36. The van der Waals surface area contributed by atoms with E-state index in [1.807, 2.05) is 0 Å². The number of nitrogens with zero attached hydrogens (tertiary/aromatic N) is 1. The monoisotopic (exact) mass is 187 g/mol. The molecule has 0 N–H and O–H groups in total. The van der Waals surface area contributed by atoms with Crippen molar-refractivity contribution in [2.45, 2.75) is 19.8 Å². The molecular weight excluding hydrogens is 166 g/mol. The van der Waals surface area contributed by atoms with Crippen molar-refractivity contribution in [1.29, 1.82) is 0 Å². The summed E-state index contributed by atoms with van der Waals surface area (Å²) >= 11 is 0. The number of hydrogen-bond acceptors (Lipinski definition) is 3. The molecule has 2 heterocycles. The third kappa shape index (κ3) is 5.24. The molecule has 0 saturated carbocycles. The Morgan fingerprint density at radius 2 is 1.46 bits per heavy atom. The van der Waals surface area contributed by atoms with Crippen LogP contribution in [0.25, 0.3) is 0 Å². The van der Waals surface area contributed by atoms with Crippen LogP contribution in [0.5, 0.6) is 0 Å². The second-order valence-corrected chi connectivity index (χ2v) is 3.37. The van der Waals surface area contributed by atoms with Crippen molar-refractivity contribution in [2.24, 2.45) is 0 Å². The lowest BCUT2D eigenvalue weighted by Gasteiger charge is -2.24. The van der Waals surface area contributed by atoms with Crippen molar-refractivity contribution in [1.82, 2.24) is 4.90 Å². The van der Waals surface area contributed by atoms with Crippen LogP contribution >= 0.6 is 0 Å². The van der Waals surface area contributed by atoms with Gasteiger partial charge in [-0.25, -0.2) is 0 Å². The molecule has 3 nitrogen and oxygen atoms in total. The highest BCUT2D eigenvalue weighted by Gasteiger charge is 2.05. The van der Waals surface area contributed by atoms with E-state index in [9.17, 15) is 0 Å². The molecule has 0 amide bonds. The molecule has 2 aliphatic rings. The van der Waals surface area contributed by atoms with Crippen LogP contribution in [-0.4, -0.2) is 51.0 Å². The van der Waals surface area contributed by atoms with Crippen LogP contribution in [-0.2, 0) is 9.47 Å². The lowest BCUT2D eigenvalue weighted by Crippen LogP contribution is -2.35. The van der Waals surface area contributed by atoms with Crippen molar-refractivity contribution >= 4 is 0 Å². The fourth-order valence-electron chi connectivity index (χ4n) is 1.43. The highest BCUT2D eigenvalue weighted by atomic mass is 16.5. The van der Waals surface area contributed by atoms with Gasteiger partial charge in [0.1, 0.15) is 0 Å². The fourth-order valence-corrected chi connectivity index (χ4v) is 1.43. The summed E-state index contributed by atoms with van der Waals surface area (Å²) in [6, 6.07) is 0. The summed E-state index contributed by atoms with van der Waals surface area (Å²) in [4.78, 5) is 2.39. The molecule has 0 radical (unpaired) electrons. The number of rotatable bonds is 1. The zero-order valence-electron chi connectivity index (χ0n) is 8.63. The standard InChI is InChI=1S/C6H13NO.C4H8O/c1-2-7-3-5-8-6-4-7;1-2-4-5-3-1/h2-6H2,1H3;1-4H2. The van der Waals surface area contributed by atoms with E-state index in [-0.39, 0.29) is 0 Å². The van der Waals surface area contributed by atoms with Crippen molar-refractivity contribution < 1.29 is 9.47 Å². The van der Waals surface area contributed by atoms with Crippen LogP contribution < -0.4 is 0 Å². The van der Waals surface area contributed by atoms with E-state index in [1.54, 1.807) is 0 Å². The molecule has 3 heteroatoms. The summed E-state index contributed by atoms with van der Waals surface area (Å²) in [5.74, 6) is 0. The maximum Gasteiger partial charge on any atom is 0.0594 e. The Labute approximate surface area is 81.0 Å². The average Bonchev–Trinajstić information content (AvgIpc) is 2.77. The third-order valence-electron chi connectivity index (χ3n) is 2.38. The van der Waals surface area contributed by atoms with E-state index in [1.165, 1.54) is 19.4 Å². The average molecular weight is 187 g/mol. The van der Waals surface area contributed by atoms with Crippen molar-refractivity contribution in [3.8, 4) is 0 Å². The molecule has 13 heavy (non-hydrogen) atoms. The molecule has 2 fully saturated rings. The molecule has 2 aliphatic heterocycles.